The molecule has 1 aromatic carbocycles. The van der Waals surface area contributed by atoms with E-state index < -0.39 is 10.0 Å². The molecule has 0 aliphatic rings. The number of hydrogen-bond acceptors (Lipinski definition) is 3. The second kappa shape index (κ2) is 7.22. The van der Waals surface area contributed by atoms with Crippen molar-refractivity contribution in [1.82, 2.24) is 4.72 Å². The van der Waals surface area contributed by atoms with E-state index in [1.807, 2.05) is 18.2 Å². The van der Waals surface area contributed by atoms with Gasteiger partial charge in [0.2, 0.25) is 10.0 Å². The van der Waals surface area contributed by atoms with Crippen LogP contribution >= 0.6 is 22.9 Å². The van der Waals surface area contributed by atoms with E-state index in [9.17, 15) is 8.42 Å². The van der Waals surface area contributed by atoms with Crippen LogP contribution in [0.4, 0.5) is 0 Å². The number of rotatable bonds is 7. The fraction of sp³-hybridized carbons (Fsp3) is 0.286. The molecule has 0 amide bonds. The van der Waals surface area contributed by atoms with E-state index in [1.165, 1.54) is 11.6 Å². The van der Waals surface area contributed by atoms with Crippen LogP contribution in [-0.2, 0) is 16.4 Å². The number of nitrogens with one attached hydrogen (secondary N) is 1. The molecule has 0 unspecified atom stereocenters. The maximum atomic E-state index is 11.9. The minimum Gasteiger partial charge on any atom is -0.210 e. The summed E-state index contributed by atoms with van der Waals surface area (Å²) in [5.74, 6) is 0. The fourth-order valence-electron chi connectivity index (χ4n) is 1.82. The molecule has 0 aliphatic carbocycles. The van der Waals surface area contributed by atoms with Crippen LogP contribution in [0.3, 0.4) is 0 Å². The van der Waals surface area contributed by atoms with Gasteiger partial charge in [-0.3, -0.25) is 0 Å². The summed E-state index contributed by atoms with van der Waals surface area (Å²) in [5, 5.41) is 0. The van der Waals surface area contributed by atoms with Gasteiger partial charge < -0.3 is 0 Å². The fourth-order valence-corrected chi connectivity index (χ4v) is 4.42. The molecule has 0 radical (unpaired) electrons. The van der Waals surface area contributed by atoms with Crippen molar-refractivity contribution < 1.29 is 8.42 Å². The van der Waals surface area contributed by atoms with E-state index in [1.54, 1.807) is 6.07 Å². The molecule has 0 spiro atoms. The zero-order chi connectivity index (χ0) is 14.4. The lowest BCUT2D eigenvalue weighted by Crippen LogP contribution is -2.24. The van der Waals surface area contributed by atoms with Crippen molar-refractivity contribution in [2.24, 2.45) is 0 Å². The summed E-state index contributed by atoms with van der Waals surface area (Å²) in [4.78, 5) is 0. The van der Waals surface area contributed by atoms with Crippen LogP contribution in [0, 0.1) is 0 Å². The van der Waals surface area contributed by atoms with E-state index in [0.29, 0.717) is 10.9 Å². The van der Waals surface area contributed by atoms with Gasteiger partial charge in [0.05, 0.1) is 4.34 Å². The smallest absolute Gasteiger partial charge is 0.210 e. The Morgan fingerprint density at radius 3 is 2.45 bits per heavy atom. The van der Waals surface area contributed by atoms with E-state index in [0.717, 1.165) is 30.6 Å². The van der Waals surface area contributed by atoms with Crippen molar-refractivity contribution in [3.05, 3.63) is 52.4 Å². The monoisotopic (exact) mass is 329 g/mol. The van der Waals surface area contributed by atoms with Gasteiger partial charge in [-0.25, -0.2) is 13.1 Å². The van der Waals surface area contributed by atoms with E-state index in [-0.39, 0.29) is 4.21 Å². The largest absolute Gasteiger partial charge is 0.250 e. The van der Waals surface area contributed by atoms with Crippen LogP contribution in [-0.4, -0.2) is 15.0 Å². The summed E-state index contributed by atoms with van der Waals surface area (Å²) in [7, 11) is -3.40. The Balaban J connectivity index is 1.73. The average molecular weight is 330 g/mol. The second-order valence-electron chi connectivity index (χ2n) is 4.40. The van der Waals surface area contributed by atoms with Crippen LogP contribution in [0.1, 0.15) is 18.4 Å². The molecule has 20 heavy (non-hydrogen) atoms. The van der Waals surface area contributed by atoms with E-state index >= 15 is 0 Å². The lowest BCUT2D eigenvalue weighted by Gasteiger charge is -2.05. The molecule has 108 valence electrons. The van der Waals surface area contributed by atoms with Crippen molar-refractivity contribution in [2.45, 2.75) is 23.5 Å². The highest BCUT2D eigenvalue weighted by Gasteiger charge is 2.15. The number of sulfonamides is 1. The zero-order valence-corrected chi connectivity index (χ0v) is 13.3. The Labute approximate surface area is 128 Å². The van der Waals surface area contributed by atoms with Crippen molar-refractivity contribution >= 4 is 33.0 Å². The van der Waals surface area contributed by atoms with Gasteiger partial charge >= 0.3 is 0 Å². The average Bonchev–Trinajstić information content (AvgIpc) is 2.87. The first-order valence-electron chi connectivity index (χ1n) is 6.37. The highest BCUT2D eigenvalue weighted by Crippen LogP contribution is 2.25. The molecule has 0 saturated carbocycles. The third-order valence-corrected chi connectivity index (χ3v) is 6.02. The zero-order valence-electron chi connectivity index (χ0n) is 10.9. The van der Waals surface area contributed by atoms with Gasteiger partial charge in [-0.05, 0) is 37.0 Å². The minimum absolute atomic E-state index is 0.269. The van der Waals surface area contributed by atoms with Gasteiger partial charge in [0.15, 0.2) is 0 Å². The Bertz CT molecular complexity index is 638. The van der Waals surface area contributed by atoms with Crippen LogP contribution in [0.25, 0.3) is 0 Å². The highest BCUT2D eigenvalue weighted by molar-refractivity contribution is 7.91. The van der Waals surface area contributed by atoms with Crippen LogP contribution < -0.4 is 4.72 Å². The van der Waals surface area contributed by atoms with Crippen LogP contribution in [0.5, 0.6) is 0 Å². The molecule has 0 fully saturated rings. The Hall–Kier alpha value is -0.880. The lowest BCUT2D eigenvalue weighted by atomic mass is 10.1. The van der Waals surface area contributed by atoms with Crippen molar-refractivity contribution in [1.29, 1.82) is 0 Å². The highest BCUT2D eigenvalue weighted by atomic mass is 35.5. The van der Waals surface area contributed by atoms with Gasteiger partial charge in [0.25, 0.3) is 0 Å². The molecular weight excluding hydrogens is 314 g/mol. The van der Waals surface area contributed by atoms with E-state index in [4.69, 9.17) is 11.6 Å². The molecular formula is C14H16ClNO2S2. The lowest BCUT2D eigenvalue weighted by molar-refractivity contribution is 0.579. The molecule has 0 bridgehead atoms. The van der Waals surface area contributed by atoms with Gasteiger partial charge in [-0.15, -0.1) is 11.3 Å². The van der Waals surface area contributed by atoms with E-state index in [2.05, 4.69) is 16.9 Å². The Kier molecular flexibility index (Phi) is 5.60. The van der Waals surface area contributed by atoms with Crippen LogP contribution in [0.15, 0.2) is 46.7 Å². The first-order chi connectivity index (χ1) is 9.58. The minimum atomic E-state index is -3.40. The number of thiophene rings is 1. The summed E-state index contributed by atoms with van der Waals surface area (Å²) < 4.78 is 27.2. The molecule has 0 saturated heterocycles. The van der Waals surface area contributed by atoms with Gasteiger partial charge in [-0.2, -0.15) is 0 Å². The molecule has 2 aromatic rings. The van der Waals surface area contributed by atoms with Gasteiger partial charge in [-0.1, -0.05) is 41.9 Å². The summed E-state index contributed by atoms with van der Waals surface area (Å²) in [6, 6.07) is 13.3. The summed E-state index contributed by atoms with van der Waals surface area (Å²) >= 11 is 6.81. The molecule has 1 heterocycles. The predicted octanol–water partition coefficient (Wildman–Crippen LogP) is 3.70. The van der Waals surface area contributed by atoms with Crippen molar-refractivity contribution in [3.8, 4) is 0 Å². The molecule has 0 atom stereocenters. The summed E-state index contributed by atoms with van der Waals surface area (Å²) in [6.07, 6.45) is 2.73. The predicted molar refractivity (Wildman–Crippen MR) is 83.9 cm³/mol. The standard InChI is InChI=1S/C14H16ClNO2S2/c15-13-9-10-14(19-13)20(17,18)16-11-5-4-8-12-6-2-1-3-7-12/h1-3,6-7,9-10,16H,4-5,8,11H2. The van der Waals surface area contributed by atoms with Gasteiger partial charge in [0.1, 0.15) is 4.21 Å². The van der Waals surface area contributed by atoms with Crippen molar-refractivity contribution in [2.75, 3.05) is 6.54 Å². The third-order valence-electron chi connectivity index (χ3n) is 2.84. The molecule has 3 nitrogen and oxygen atoms in total. The van der Waals surface area contributed by atoms with Gasteiger partial charge in [0, 0.05) is 6.54 Å². The third kappa shape index (κ3) is 4.59. The Morgan fingerprint density at radius 1 is 1.05 bits per heavy atom. The molecule has 6 heteroatoms. The SMILES string of the molecule is O=S(=O)(NCCCCc1ccccc1)c1ccc(Cl)s1. The quantitative estimate of drug-likeness (QED) is 0.787. The Morgan fingerprint density at radius 2 is 1.80 bits per heavy atom. The number of unbranched alkanes of at least 4 members (excludes halogenated alkanes) is 1. The second-order valence-corrected chi connectivity index (χ2v) is 8.11. The topological polar surface area (TPSA) is 46.2 Å². The molecule has 1 aromatic heterocycles. The molecule has 0 aliphatic heterocycles. The summed E-state index contributed by atoms with van der Waals surface area (Å²) in [5.41, 5.74) is 1.28. The van der Waals surface area contributed by atoms with Crippen LogP contribution in [0.2, 0.25) is 4.34 Å². The number of benzene rings is 1. The number of halogens is 1. The molecule has 2 rings (SSSR count). The first-order valence-corrected chi connectivity index (χ1v) is 9.04. The maximum absolute atomic E-state index is 11.9. The van der Waals surface area contributed by atoms with Crippen molar-refractivity contribution in [3.63, 3.8) is 0 Å². The summed E-state index contributed by atoms with van der Waals surface area (Å²) in [6.45, 7) is 0.449. The number of aryl methyl sites for hydroxylation is 1. The molecule has 1 N–H and O–H groups in total. The maximum Gasteiger partial charge on any atom is 0.250 e. The normalized spacial score (nSPS) is 11.7. The first kappa shape index (κ1) is 15.5. The number of hydrogen-bond donors (Lipinski definition) is 1.